The molecule has 4 amide bonds. The number of carbonyl (C=O) groups excluding carboxylic acids is 3. The molecule has 1 aromatic rings. The van der Waals surface area contributed by atoms with Gasteiger partial charge in [0.1, 0.15) is 0 Å². The minimum Gasteiger partial charge on any atom is -0.463 e. The average Bonchev–Trinajstić information content (AvgIpc) is 2.80. The summed E-state index contributed by atoms with van der Waals surface area (Å²) in [7, 11) is 0. The number of nitrogens with zero attached hydrogens (tertiary/aromatic N) is 3. The number of halogens is 2. The van der Waals surface area contributed by atoms with Gasteiger partial charge in [-0.1, -0.05) is 29.3 Å². The Kier molecular flexibility index (Phi) is 9.49. The molecular weight excluding hydrogens is 505 g/mol. The van der Waals surface area contributed by atoms with Crippen molar-refractivity contribution in [1.82, 2.24) is 25.3 Å². The molecule has 0 spiro atoms. The van der Waals surface area contributed by atoms with Crippen LogP contribution in [0.5, 0.6) is 0 Å². The fourth-order valence-electron chi connectivity index (χ4n) is 4.62. The number of urea groups is 2. The predicted octanol–water partition coefficient (Wildman–Crippen LogP) is 4.02. The summed E-state index contributed by atoms with van der Waals surface area (Å²) in [5.74, 6) is -0.495. The van der Waals surface area contributed by atoms with Crippen LogP contribution in [0.15, 0.2) is 29.5 Å². The van der Waals surface area contributed by atoms with Crippen LogP contribution in [-0.2, 0) is 9.53 Å². The molecule has 2 aliphatic rings. The highest BCUT2D eigenvalue weighted by molar-refractivity contribution is 6.42. The van der Waals surface area contributed by atoms with Crippen LogP contribution in [0.2, 0.25) is 10.0 Å². The molecule has 0 aliphatic carbocycles. The molecule has 0 radical (unpaired) electrons. The van der Waals surface area contributed by atoms with Gasteiger partial charge in [0, 0.05) is 50.5 Å². The first-order chi connectivity index (χ1) is 17.1. The van der Waals surface area contributed by atoms with E-state index in [4.69, 9.17) is 27.9 Å². The Morgan fingerprint density at radius 2 is 1.92 bits per heavy atom. The van der Waals surface area contributed by atoms with Gasteiger partial charge in [-0.15, -0.1) is 0 Å². The van der Waals surface area contributed by atoms with Gasteiger partial charge in [0.15, 0.2) is 0 Å². The van der Waals surface area contributed by atoms with E-state index >= 15 is 0 Å². The monoisotopic (exact) mass is 539 g/mol. The number of piperazine rings is 1. The van der Waals surface area contributed by atoms with E-state index < -0.39 is 12.0 Å². The second-order valence-corrected chi connectivity index (χ2v) is 10.1. The van der Waals surface area contributed by atoms with E-state index in [0.29, 0.717) is 59.6 Å². The summed E-state index contributed by atoms with van der Waals surface area (Å²) in [5.41, 5.74) is 1.59. The predicted molar refractivity (Wildman–Crippen MR) is 140 cm³/mol. The number of benzene rings is 1. The molecule has 2 aliphatic heterocycles. The molecule has 0 bridgehead atoms. The molecule has 2 heterocycles. The summed E-state index contributed by atoms with van der Waals surface area (Å²) in [6.45, 7) is 12.1. The Labute approximate surface area is 222 Å². The number of hydrogen-bond acceptors (Lipinski definition) is 5. The smallest absolute Gasteiger partial charge is 0.338 e. The van der Waals surface area contributed by atoms with E-state index in [-0.39, 0.29) is 30.8 Å². The number of carbonyl (C=O) groups is 3. The van der Waals surface area contributed by atoms with Crippen LogP contribution in [0.25, 0.3) is 0 Å². The van der Waals surface area contributed by atoms with Crippen molar-refractivity contribution in [3.63, 3.8) is 0 Å². The van der Waals surface area contributed by atoms with E-state index in [2.05, 4.69) is 15.5 Å². The zero-order chi connectivity index (χ0) is 26.6. The number of amides is 4. The summed E-state index contributed by atoms with van der Waals surface area (Å²) in [6.07, 6.45) is 0. The maximum atomic E-state index is 13.3. The van der Waals surface area contributed by atoms with Gasteiger partial charge in [-0.25, -0.2) is 14.4 Å². The Balaban J connectivity index is 1.96. The van der Waals surface area contributed by atoms with Crippen LogP contribution in [0.3, 0.4) is 0 Å². The van der Waals surface area contributed by atoms with Crippen molar-refractivity contribution in [2.24, 2.45) is 0 Å². The number of nitrogens with one attached hydrogen (secondary N) is 2. The molecule has 2 atom stereocenters. The topological polar surface area (TPSA) is 94.2 Å². The molecule has 0 aromatic heterocycles. The van der Waals surface area contributed by atoms with Crippen molar-refractivity contribution in [3.05, 3.63) is 45.1 Å². The Morgan fingerprint density at radius 1 is 1.19 bits per heavy atom. The number of esters is 1. The lowest BCUT2D eigenvalue weighted by Gasteiger charge is -2.43. The quantitative estimate of drug-likeness (QED) is 0.510. The van der Waals surface area contributed by atoms with Gasteiger partial charge < -0.3 is 20.3 Å². The fraction of sp³-hybridized carbons (Fsp3) is 0.560. The molecule has 36 heavy (non-hydrogen) atoms. The van der Waals surface area contributed by atoms with Crippen molar-refractivity contribution < 1.29 is 19.1 Å². The minimum absolute atomic E-state index is 0.0393. The highest BCUT2D eigenvalue weighted by atomic mass is 35.5. The van der Waals surface area contributed by atoms with Crippen LogP contribution < -0.4 is 10.6 Å². The van der Waals surface area contributed by atoms with Crippen molar-refractivity contribution in [2.75, 3.05) is 39.3 Å². The van der Waals surface area contributed by atoms with Gasteiger partial charge in [0.2, 0.25) is 0 Å². The molecule has 2 N–H and O–H groups in total. The van der Waals surface area contributed by atoms with E-state index in [1.165, 1.54) is 0 Å². The highest BCUT2D eigenvalue weighted by Gasteiger charge is 2.39. The minimum atomic E-state index is -0.736. The molecule has 1 saturated heterocycles. The SMILES string of the molecule is CCOC(=O)C1=C(CN2CCN(C(=O)NC(C)C)[C@@H](C)C2)N(CC)C(=O)N[C@@H]1c1ccc(Cl)c(Cl)c1. The first-order valence-corrected chi connectivity index (χ1v) is 13.1. The van der Waals surface area contributed by atoms with Crippen LogP contribution in [0.1, 0.15) is 46.2 Å². The summed E-state index contributed by atoms with van der Waals surface area (Å²) in [4.78, 5) is 44.5. The summed E-state index contributed by atoms with van der Waals surface area (Å²) in [6, 6.07) is 3.92. The largest absolute Gasteiger partial charge is 0.463 e. The van der Waals surface area contributed by atoms with Crippen molar-refractivity contribution in [1.29, 1.82) is 0 Å². The molecule has 0 unspecified atom stereocenters. The maximum absolute atomic E-state index is 13.3. The molecule has 0 saturated carbocycles. The standard InChI is InChI=1S/C25H35Cl2N5O4/c1-6-31-20(14-30-10-11-32(16(5)13-30)24(34)28-15(3)4)21(23(33)36-7-2)22(29-25(31)35)17-8-9-18(26)19(27)12-17/h8-9,12,15-16,22H,6-7,10-11,13-14H2,1-5H3,(H,28,34)(H,29,35)/t16-,22+/m0/s1. The van der Waals surface area contributed by atoms with Crippen molar-refractivity contribution in [2.45, 2.75) is 52.7 Å². The molecule has 9 nitrogen and oxygen atoms in total. The van der Waals surface area contributed by atoms with Crippen LogP contribution >= 0.6 is 23.2 Å². The van der Waals surface area contributed by atoms with Gasteiger partial charge in [0.05, 0.1) is 28.3 Å². The lowest BCUT2D eigenvalue weighted by atomic mass is 9.94. The van der Waals surface area contributed by atoms with Crippen molar-refractivity contribution in [3.8, 4) is 0 Å². The zero-order valence-electron chi connectivity index (χ0n) is 21.4. The van der Waals surface area contributed by atoms with Gasteiger partial charge >= 0.3 is 18.0 Å². The Bertz CT molecular complexity index is 1030. The normalized spacial score (nSPS) is 21.1. The van der Waals surface area contributed by atoms with Gasteiger partial charge in [-0.3, -0.25) is 9.80 Å². The third kappa shape index (κ3) is 6.25. The Morgan fingerprint density at radius 3 is 2.50 bits per heavy atom. The van der Waals surface area contributed by atoms with Crippen LogP contribution in [0.4, 0.5) is 9.59 Å². The maximum Gasteiger partial charge on any atom is 0.338 e. The molecule has 198 valence electrons. The number of rotatable bonds is 7. The Hall–Kier alpha value is -2.49. The third-order valence-corrected chi connectivity index (χ3v) is 7.02. The average molecular weight is 540 g/mol. The van der Waals surface area contributed by atoms with Gasteiger partial charge in [-0.05, 0) is 52.3 Å². The van der Waals surface area contributed by atoms with E-state index in [0.717, 1.165) is 0 Å². The van der Waals surface area contributed by atoms with E-state index in [1.807, 2.05) is 32.6 Å². The van der Waals surface area contributed by atoms with Crippen LogP contribution in [0, 0.1) is 0 Å². The molecule has 3 rings (SSSR count). The summed E-state index contributed by atoms with van der Waals surface area (Å²) >= 11 is 12.4. The van der Waals surface area contributed by atoms with Gasteiger partial charge in [0.25, 0.3) is 0 Å². The summed E-state index contributed by atoms with van der Waals surface area (Å²) < 4.78 is 5.43. The lowest BCUT2D eigenvalue weighted by molar-refractivity contribution is -0.139. The molecule has 1 aromatic carbocycles. The van der Waals surface area contributed by atoms with Gasteiger partial charge in [-0.2, -0.15) is 0 Å². The zero-order valence-corrected chi connectivity index (χ0v) is 22.9. The number of likely N-dealkylation sites (N-methyl/N-ethyl adjacent to an activating group) is 1. The number of hydrogen-bond donors (Lipinski definition) is 2. The van der Waals surface area contributed by atoms with E-state index in [9.17, 15) is 14.4 Å². The molecule has 11 heteroatoms. The van der Waals surface area contributed by atoms with Crippen LogP contribution in [-0.4, -0.2) is 84.1 Å². The molecule has 1 fully saturated rings. The second-order valence-electron chi connectivity index (χ2n) is 9.26. The fourth-order valence-corrected chi connectivity index (χ4v) is 4.93. The first-order valence-electron chi connectivity index (χ1n) is 12.3. The highest BCUT2D eigenvalue weighted by Crippen LogP contribution is 2.35. The molecular formula is C25H35Cl2N5O4. The summed E-state index contributed by atoms with van der Waals surface area (Å²) in [5, 5.41) is 6.59. The second kappa shape index (κ2) is 12.2. The number of ether oxygens (including phenoxy) is 1. The lowest BCUT2D eigenvalue weighted by Crippen LogP contribution is -2.58. The van der Waals surface area contributed by atoms with E-state index in [1.54, 1.807) is 30.0 Å². The van der Waals surface area contributed by atoms with Crippen molar-refractivity contribution >= 4 is 41.2 Å². The first kappa shape index (κ1) is 28.1. The third-order valence-electron chi connectivity index (χ3n) is 6.28.